The van der Waals surface area contributed by atoms with Crippen molar-refractivity contribution in [3.05, 3.63) is 34.2 Å². The maximum Gasteiger partial charge on any atom is 0.329 e. The molecule has 2 N–H and O–H groups in total. The van der Waals surface area contributed by atoms with Gasteiger partial charge in [0.1, 0.15) is 6.04 Å². The van der Waals surface area contributed by atoms with Crippen molar-refractivity contribution in [1.29, 1.82) is 0 Å². The van der Waals surface area contributed by atoms with Gasteiger partial charge < -0.3 is 5.32 Å². The molecule has 9 heteroatoms. The number of fused-ring (bicyclic) bond motifs is 1. The summed E-state index contributed by atoms with van der Waals surface area (Å²) < 4.78 is 3.22. The molecule has 0 saturated carbocycles. The summed E-state index contributed by atoms with van der Waals surface area (Å²) in [5.41, 5.74) is 2.54. The highest BCUT2D eigenvalue weighted by Crippen LogP contribution is 2.26. The van der Waals surface area contributed by atoms with Gasteiger partial charge in [-0.2, -0.15) is 0 Å². The van der Waals surface area contributed by atoms with Crippen molar-refractivity contribution in [2.75, 3.05) is 39.3 Å². The van der Waals surface area contributed by atoms with Crippen LogP contribution in [-0.4, -0.2) is 76.1 Å². The Morgan fingerprint density at radius 3 is 2.47 bits per heavy atom. The van der Waals surface area contributed by atoms with Gasteiger partial charge in [-0.1, -0.05) is 12.1 Å². The van der Waals surface area contributed by atoms with E-state index in [1.54, 1.807) is 16.2 Å². The minimum absolute atomic E-state index is 0.209. The number of aryl methyl sites for hydroxylation is 1. The third-order valence-corrected chi connectivity index (χ3v) is 7.33. The SMILES string of the molecule is Cn1c(=O)n(C2CCC(=O)NC2=O)c2cccc(CN3CCC(N4CCNCC4)CC3)c21. The monoisotopic (exact) mass is 440 g/mol. The number of aromatic nitrogens is 2. The average Bonchev–Trinajstić information content (AvgIpc) is 3.06. The van der Waals surface area contributed by atoms with Crippen LogP contribution in [0.25, 0.3) is 11.0 Å². The Kier molecular flexibility index (Phi) is 5.88. The molecular formula is C23H32N6O3. The number of carbonyl (C=O) groups excluding carboxylic acids is 2. The number of para-hydroxylation sites is 1. The number of imide groups is 1. The average molecular weight is 441 g/mol. The van der Waals surface area contributed by atoms with Crippen LogP contribution in [0, 0.1) is 0 Å². The van der Waals surface area contributed by atoms with Gasteiger partial charge in [-0.15, -0.1) is 0 Å². The van der Waals surface area contributed by atoms with Crippen molar-refractivity contribution in [2.45, 2.75) is 44.3 Å². The summed E-state index contributed by atoms with van der Waals surface area (Å²) in [6.07, 6.45) is 2.95. The van der Waals surface area contributed by atoms with Gasteiger partial charge in [-0.25, -0.2) is 4.79 Å². The smallest absolute Gasteiger partial charge is 0.314 e. The van der Waals surface area contributed by atoms with E-state index in [9.17, 15) is 14.4 Å². The van der Waals surface area contributed by atoms with Crippen LogP contribution in [0.5, 0.6) is 0 Å². The molecule has 3 aliphatic rings. The molecule has 0 radical (unpaired) electrons. The number of piperazine rings is 1. The number of piperidine rings is 2. The quantitative estimate of drug-likeness (QED) is 0.660. The highest BCUT2D eigenvalue weighted by Gasteiger charge is 2.32. The van der Waals surface area contributed by atoms with E-state index in [0.29, 0.717) is 12.5 Å². The second kappa shape index (κ2) is 8.80. The Morgan fingerprint density at radius 1 is 1.00 bits per heavy atom. The third kappa shape index (κ3) is 3.89. The molecule has 4 heterocycles. The molecule has 2 amide bonds. The maximum atomic E-state index is 13.1. The fourth-order valence-electron chi connectivity index (χ4n) is 5.61. The van der Waals surface area contributed by atoms with Crippen LogP contribution in [0.1, 0.15) is 37.3 Å². The lowest BCUT2D eigenvalue weighted by Crippen LogP contribution is -2.51. The van der Waals surface area contributed by atoms with Crippen molar-refractivity contribution in [2.24, 2.45) is 7.05 Å². The number of benzene rings is 1. The number of amides is 2. The highest BCUT2D eigenvalue weighted by atomic mass is 16.2. The Balaban J connectivity index is 1.36. The molecule has 172 valence electrons. The molecule has 3 saturated heterocycles. The molecule has 5 rings (SSSR count). The molecule has 0 bridgehead atoms. The van der Waals surface area contributed by atoms with Crippen LogP contribution >= 0.6 is 0 Å². The number of carbonyl (C=O) groups is 2. The molecule has 0 aliphatic carbocycles. The summed E-state index contributed by atoms with van der Waals surface area (Å²) in [6, 6.07) is 5.98. The summed E-state index contributed by atoms with van der Waals surface area (Å²) >= 11 is 0. The number of rotatable bonds is 4. The van der Waals surface area contributed by atoms with Gasteiger partial charge in [0.25, 0.3) is 0 Å². The van der Waals surface area contributed by atoms with Crippen molar-refractivity contribution in [3.63, 3.8) is 0 Å². The van der Waals surface area contributed by atoms with Crippen molar-refractivity contribution >= 4 is 22.8 Å². The van der Waals surface area contributed by atoms with E-state index >= 15 is 0 Å². The molecule has 2 aromatic rings. The van der Waals surface area contributed by atoms with Gasteiger partial charge in [0, 0.05) is 52.2 Å². The first-order chi connectivity index (χ1) is 15.5. The number of nitrogens with zero attached hydrogens (tertiary/aromatic N) is 4. The van der Waals surface area contributed by atoms with Gasteiger partial charge in [0.05, 0.1) is 11.0 Å². The summed E-state index contributed by atoms with van der Waals surface area (Å²) in [6.45, 7) is 7.33. The zero-order valence-electron chi connectivity index (χ0n) is 18.7. The lowest BCUT2D eigenvalue weighted by Gasteiger charge is -2.40. The van der Waals surface area contributed by atoms with Crippen LogP contribution in [0.15, 0.2) is 23.0 Å². The van der Waals surface area contributed by atoms with E-state index in [0.717, 1.165) is 62.4 Å². The zero-order valence-corrected chi connectivity index (χ0v) is 18.7. The topological polar surface area (TPSA) is 91.6 Å². The standard InChI is InChI=1S/C23H32N6O3/c1-26-21-16(15-27-11-7-17(8-12-27)28-13-9-24-10-14-28)3-2-4-18(21)29(23(26)32)19-5-6-20(30)25-22(19)31/h2-4,17,19,24H,5-15H2,1H3,(H,25,30,31). The van der Waals surface area contributed by atoms with Crippen LogP contribution < -0.4 is 16.3 Å². The molecule has 1 unspecified atom stereocenters. The van der Waals surface area contributed by atoms with Gasteiger partial charge in [0.15, 0.2) is 0 Å². The fourth-order valence-corrected chi connectivity index (χ4v) is 5.61. The Morgan fingerprint density at radius 2 is 1.75 bits per heavy atom. The predicted molar refractivity (Wildman–Crippen MR) is 121 cm³/mol. The predicted octanol–water partition coefficient (Wildman–Crippen LogP) is 0.187. The van der Waals surface area contributed by atoms with Crippen LogP contribution in [-0.2, 0) is 23.2 Å². The van der Waals surface area contributed by atoms with Gasteiger partial charge >= 0.3 is 5.69 Å². The zero-order chi connectivity index (χ0) is 22.2. The van der Waals surface area contributed by atoms with Crippen LogP contribution in [0.2, 0.25) is 0 Å². The van der Waals surface area contributed by atoms with E-state index < -0.39 is 11.9 Å². The number of hydrogen-bond acceptors (Lipinski definition) is 6. The van der Waals surface area contributed by atoms with Gasteiger partial charge in [-0.05, 0) is 44.0 Å². The summed E-state index contributed by atoms with van der Waals surface area (Å²) in [5.74, 6) is -0.666. The van der Waals surface area contributed by atoms with Crippen molar-refractivity contribution < 1.29 is 9.59 Å². The van der Waals surface area contributed by atoms with Gasteiger partial charge in [0.2, 0.25) is 11.8 Å². The van der Waals surface area contributed by atoms with Crippen molar-refractivity contribution in [3.8, 4) is 0 Å². The summed E-state index contributed by atoms with van der Waals surface area (Å²) in [4.78, 5) is 42.2. The molecule has 1 aromatic carbocycles. The van der Waals surface area contributed by atoms with Gasteiger partial charge in [-0.3, -0.25) is 33.8 Å². The summed E-state index contributed by atoms with van der Waals surface area (Å²) in [7, 11) is 1.77. The van der Waals surface area contributed by atoms with E-state index in [4.69, 9.17) is 0 Å². The number of imidazole rings is 1. The first-order valence-corrected chi connectivity index (χ1v) is 11.7. The minimum atomic E-state index is -0.645. The number of nitrogens with one attached hydrogen (secondary N) is 2. The van der Waals surface area contributed by atoms with E-state index in [1.165, 1.54) is 12.8 Å². The molecule has 0 spiro atoms. The lowest BCUT2D eigenvalue weighted by molar-refractivity contribution is -0.135. The normalized spacial score (nSPS) is 24.2. The molecular weight excluding hydrogens is 408 g/mol. The molecule has 1 aromatic heterocycles. The highest BCUT2D eigenvalue weighted by molar-refractivity contribution is 6.00. The third-order valence-electron chi connectivity index (χ3n) is 7.33. The molecule has 3 aliphatic heterocycles. The fraction of sp³-hybridized carbons (Fsp3) is 0.609. The first-order valence-electron chi connectivity index (χ1n) is 11.7. The molecule has 3 fully saturated rings. The largest absolute Gasteiger partial charge is 0.329 e. The van der Waals surface area contributed by atoms with E-state index in [-0.39, 0.29) is 18.0 Å². The van der Waals surface area contributed by atoms with Crippen LogP contribution in [0.4, 0.5) is 0 Å². The Labute approximate surface area is 187 Å². The minimum Gasteiger partial charge on any atom is -0.314 e. The molecule has 32 heavy (non-hydrogen) atoms. The number of likely N-dealkylation sites (tertiary alicyclic amines) is 1. The van der Waals surface area contributed by atoms with E-state index in [1.807, 2.05) is 12.1 Å². The number of hydrogen-bond donors (Lipinski definition) is 2. The van der Waals surface area contributed by atoms with Crippen molar-refractivity contribution in [1.82, 2.24) is 29.6 Å². The summed E-state index contributed by atoms with van der Waals surface area (Å²) in [5, 5.41) is 5.81. The van der Waals surface area contributed by atoms with E-state index in [2.05, 4.69) is 26.5 Å². The molecule has 9 nitrogen and oxygen atoms in total. The van der Waals surface area contributed by atoms with Crippen LogP contribution in [0.3, 0.4) is 0 Å². The second-order valence-corrected chi connectivity index (χ2v) is 9.26. The molecule has 1 atom stereocenters. The second-order valence-electron chi connectivity index (χ2n) is 9.26. The Hall–Kier alpha value is -2.49. The Bertz CT molecular complexity index is 1080. The lowest BCUT2D eigenvalue weighted by atomic mass is 10.0. The first kappa shape index (κ1) is 21.4. The maximum absolute atomic E-state index is 13.1.